The summed E-state index contributed by atoms with van der Waals surface area (Å²) in [6.45, 7) is 3.48. The monoisotopic (exact) mass is 452 g/mol. The molecule has 1 amide bonds. The van der Waals surface area contributed by atoms with Gasteiger partial charge in [-0.15, -0.1) is 0 Å². The van der Waals surface area contributed by atoms with E-state index >= 15 is 0 Å². The molecule has 3 N–H and O–H groups in total. The van der Waals surface area contributed by atoms with E-state index in [0.29, 0.717) is 35.5 Å². The Morgan fingerprint density at radius 3 is 2.72 bits per heavy atom. The van der Waals surface area contributed by atoms with Gasteiger partial charge in [0.05, 0.1) is 0 Å². The first-order valence-electron chi connectivity index (χ1n) is 10.5. The number of nitrogens with one attached hydrogen (secondary N) is 1. The summed E-state index contributed by atoms with van der Waals surface area (Å²) < 4.78 is 5.92. The van der Waals surface area contributed by atoms with Crippen molar-refractivity contribution in [3.63, 3.8) is 0 Å². The van der Waals surface area contributed by atoms with Crippen molar-refractivity contribution in [3.8, 4) is 5.75 Å². The van der Waals surface area contributed by atoms with Crippen LogP contribution < -0.4 is 20.7 Å². The van der Waals surface area contributed by atoms with Gasteiger partial charge in [-0.1, -0.05) is 23.7 Å². The summed E-state index contributed by atoms with van der Waals surface area (Å²) in [6.07, 6.45) is 2.25. The lowest BCUT2D eigenvalue weighted by molar-refractivity contribution is -0.117. The number of anilines is 3. The Morgan fingerprint density at radius 1 is 1.16 bits per heavy atom. The van der Waals surface area contributed by atoms with E-state index in [1.54, 1.807) is 4.90 Å². The Morgan fingerprint density at radius 2 is 1.97 bits per heavy atom. The molecule has 3 aromatic rings. The van der Waals surface area contributed by atoms with Gasteiger partial charge >= 0.3 is 0 Å². The summed E-state index contributed by atoms with van der Waals surface area (Å²) in [5.41, 5.74) is 8.87. The minimum absolute atomic E-state index is 0.125. The molecule has 32 heavy (non-hydrogen) atoms. The summed E-state index contributed by atoms with van der Waals surface area (Å²) in [5, 5.41) is 3.88. The number of aromatic nitrogens is 3. The number of amides is 1. The average Bonchev–Trinajstić information content (AvgIpc) is 3.19. The van der Waals surface area contributed by atoms with Gasteiger partial charge in [0.25, 0.3) is 0 Å². The van der Waals surface area contributed by atoms with Gasteiger partial charge < -0.3 is 20.7 Å². The number of halogens is 1. The molecule has 1 aliphatic heterocycles. The van der Waals surface area contributed by atoms with E-state index in [1.165, 1.54) is 0 Å². The molecular formula is C23H25ClN6O2. The largest absolute Gasteiger partial charge is 0.486 e. The number of hydrogen-bond acceptors (Lipinski definition) is 7. The first-order chi connectivity index (χ1) is 15.5. The highest BCUT2D eigenvalue weighted by atomic mass is 35.5. The van der Waals surface area contributed by atoms with Gasteiger partial charge in [-0.2, -0.15) is 15.0 Å². The second-order valence-electron chi connectivity index (χ2n) is 7.68. The van der Waals surface area contributed by atoms with Crippen LogP contribution in [0.4, 0.5) is 17.6 Å². The van der Waals surface area contributed by atoms with E-state index in [-0.39, 0.29) is 18.5 Å². The molecule has 0 unspecified atom stereocenters. The summed E-state index contributed by atoms with van der Waals surface area (Å²) >= 11 is 5.92. The van der Waals surface area contributed by atoms with Crippen LogP contribution in [0.25, 0.3) is 0 Å². The molecular weight excluding hydrogens is 428 g/mol. The highest BCUT2D eigenvalue weighted by molar-refractivity contribution is 6.30. The number of nitrogens with zero attached hydrogens (tertiary/aromatic N) is 4. The van der Waals surface area contributed by atoms with Crippen LogP contribution in [0.15, 0.2) is 42.5 Å². The molecule has 2 heterocycles. The van der Waals surface area contributed by atoms with Crippen molar-refractivity contribution < 1.29 is 9.53 Å². The molecule has 1 aromatic heterocycles. The first kappa shape index (κ1) is 21.8. The molecule has 0 bridgehead atoms. The standard InChI is InChI=1S/C23H25ClN6O2/c1-15-11-18(30-10-2-3-21(30)31)13-19(12-15)32-14-20-27-22(25)29-23(28-20)26-9-8-16-4-6-17(24)7-5-16/h4-7,11-13H,2-3,8-10,14H2,1H3,(H3,25,26,27,28,29). The van der Waals surface area contributed by atoms with E-state index in [4.69, 9.17) is 22.1 Å². The lowest BCUT2D eigenvalue weighted by Crippen LogP contribution is -2.23. The third-order valence-corrected chi connectivity index (χ3v) is 5.35. The van der Waals surface area contributed by atoms with E-state index in [2.05, 4.69) is 20.3 Å². The van der Waals surface area contributed by atoms with Crippen LogP contribution in [0.1, 0.15) is 29.8 Å². The van der Waals surface area contributed by atoms with E-state index < -0.39 is 0 Å². The Kier molecular flexibility index (Phi) is 6.70. The highest BCUT2D eigenvalue weighted by Gasteiger charge is 2.22. The lowest BCUT2D eigenvalue weighted by Gasteiger charge is -2.18. The highest BCUT2D eigenvalue weighted by Crippen LogP contribution is 2.27. The molecule has 1 fully saturated rings. The zero-order valence-corrected chi connectivity index (χ0v) is 18.6. The van der Waals surface area contributed by atoms with Crippen LogP contribution >= 0.6 is 11.6 Å². The fourth-order valence-corrected chi connectivity index (χ4v) is 3.71. The number of carbonyl (C=O) groups excluding carboxylic acids is 1. The number of hydrogen-bond donors (Lipinski definition) is 2. The van der Waals surface area contributed by atoms with Gasteiger partial charge in [-0.3, -0.25) is 4.79 Å². The van der Waals surface area contributed by atoms with Crippen LogP contribution in [0.2, 0.25) is 5.02 Å². The number of nitrogens with two attached hydrogens (primary N) is 1. The summed E-state index contributed by atoms with van der Waals surface area (Å²) in [4.78, 5) is 26.6. The molecule has 0 aliphatic carbocycles. The van der Waals surface area contributed by atoms with Crippen molar-refractivity contribution in [1.82, 2.24) is 15.0 Å². The Bertz CT molecular complexity index is 1110. The molecule has 4 rings (SSSR count). The first-order valence-corrected chi connectivity index (χ1v) is 10.9. The van der Waals surface area contributed by atoms with Crippen molar-refractivity contribution in [2.75, 3.05) is 29.0 Å². The maximum atomic E-state index is 12.1. The average molecular weight is 453 g/mol. The number of ether oxygens (including phenoxy) is 1. The number of rotatable bonds is 8. The predicted octanol–water partition coefficient (Wildman–Crippen LogP) is 3.78. The molecule has 166 valence electrons. The number of aryl methyl sites for hydroxylation is 1. The second-order valence-corrected chi connectivity index (χ2v) is 8.11. The van der Waals surface area contributed by atoms with Gasteiger partial charge in [-0.05, 0) is 55.2 Å². The molecule has 1 aliphatic rings. The minimum atomic E-state index is 0.125. The molecule has 0 radical (unpaired) electrons. The maximum Gasteiger partial charge on any atom is 0.227 e. The lowest BCUT2D eigenvalue weighted by atomic mass is 10.1. The number of benzene rings is 2. The molecule has 2 aromatic carbocycles. The van der Waals surface area contributed by atoms with Gasteiger partial charge in [0, 0.05) is 36.3 Å². The van der Waals surface area contributed by atoms with Crippen molar-refractivity contribution in [2.45, 2.75) is 32.8 Å². The minimum Gasteiger partial charge on any atom is -0.486 e. The van der Waals surface area contributed by atoms with Crippen LogP contribution in [-0.4, -0.2) is 33.9 Å². The Balaban J connectivity index is 1.38. The molecule has 0 saturated carbocycles. The third-order valence-electron chi connectivity index (χ3n) is 5.10. The Hall–Kier alpha value is -3.39. The fourth-order valence-electron chi connectivity index (χ4n) is 3.59. The van der Waals surface area contributed by atoms with Gasteiger partial charge in [0.2, 0.25) is 17.8 Å². The second kappa shape index (κ2) is 9.82. The van der Waals surface area contributed by atoms with Crippen LogP contribution in [0, 0.1) is 6.92 Å². The number of nitrogen functional groups attached to an aromatic ring is 1. The van der Waals surface area contributed by atoms with Crippen molar-refractivity contribution in [3.05, 3.63) is 64.4 Å². The van der Waals surface area contributed by atoms with Crippen molar-refractivity contribution >= 4 is 35.1 Å². The number of carbonyl (C=O) groups is 1. The normalized spacial score (nSPS) is 13.4. The summed E-state index contributed by atoms with van der Waals surface area (Å²) in [6, 6.07) is 13.5. The van der Waals surface area contributed by atoms with Gasteiger partial charge in [0.15, 0.2) is 5.82 Å². The molecule has 0 spiro atoms. The molecule has 0 atom stereocenters. The van der Waals surface area contributed by atoms with Gasteiger partial charge in [0.1, 0.15) is 12.4 Å². The predicted molar refractivity (Wildman–Crippen MR) is 125 cm³/mol. The Labute approximate surface area is 191 Å². The summed E-state index contributed by atoms with van der Waals surface area (Å²) in [5.74, 6) is 1.74. The zero-order chi connectivity index (χ0) is 22.5. The van der Waals surface area contributed by atoms with E-state index in [9.17, 15) is 4.79 Å². The summed E-state index contributed by atoms with van der Waals surface area (Å²) in [7, 11) is 0. The third kappa shape index (κ3) is 5.64. The SMILES string of the molecule is Cc1cc(OCc2nc(N)nc(NCCc3ccc(Cl)cc3)n2)cc(N2CCCC2=O)c1. The topological polar surface area (TPSA) is 106 Å². The maximum absolute atomic E-state index is 12.1. The van der Waals surface area contributed by atoms with E-state index in [0.717, 1.165) is 36.2 Å². The van der Waals surface area contributed by atoms with Crippen LogP contribution in [0.3, 0.4) is 0 Å². The van der Waals surface area contributed by atoms with Crippen molar-refractivity contribution in [1.29, 1.82) is 0 Å². The van der Waals surface area contributed by atoms with E-state index in [1.807, 2.05) is 49.4 Å². The smallest absolute Gasteiger partial charge is 0.227 e. The van der Waals surface area contributed by atoms with Crippen LogP contribution in [0.5, 0.6) is 5.75 Å². The van der Waals surface area contributed by atoms with Gasteiger partial charge in [-0.25, -0.2) is 0 Å². The molecule has 8 nitrogen and oxygen atoms in total. The molecule has 1 saturated heterocycles. The molecule has 9 heteroatoms. The van der Waals surface area contributed by atoms with Crippen LogP contribution in [-0.2, 0) is 17.8 Å². The quantitative estimate of drug-likeness (QED) is 0.535. The fraction of sp³-hybridized carbons (Fsp3) is 0.304. The van der Waals surface area contributed by atoms with Crippen molar-refractivity contribution in [2.24, 2.45) is 0 Å². The zero-order valence-electron chi connectivity index (χ0n) is 17.8.